The summed E-state index contributed by atoms with van der Waals surface area (Å²) in [6.07, 6.45) is 15.1. The lowest BCUT2D eigenvalue weighted by Crippen LogP contribution is -2.25. The molecule has 12 heavy (non-hydrogen) atoms. The highest BCUT2D eigenvalue weighted by molar-refractivity contribution is 5.10. The van der Waals surface area contributed by atoms with Crippen LogP contribution in [0.4, 0.5) is 0 Å². The molecule has 0 spiro atoms. The molecule has 0 heteroatoms. The monoisotopic (exact) mass is 162 g/mol. The van der Waals surface area contributed by atoms with Crippen molar-refractivity contribution < 1.29 is 0 Å². The Balaban J connectivity index is 2.01. The third-order valence-electron chi connectivity index (χ3n) is 3.25. The quantitative estimate of drug-likeness (QED) is 0.545. The van der Waals surface area contributed by atoms with Crippen LogP contribution < -0.4 is 0 Å². The van der Waals surface area contributed by atoms with Crippen molar-refractivity contribution in [3.63, 3.8) is 0 Å². The summed E-state index contributed by atoms with van der Waals surface area (Å²) in [6.45, 7) is 2.22. The van der Waals surface area contributed by atoms with Gasteiger partial charge in [-0.15, -0.1) is 0 Å². The van der Waals surface area contributed by atoms with Gasteiger partial charge in [0.25, 0.3) is 0 Å². The van der Waals surface area contributed by atoms with E-state index in [1.54, 1.807) is 0 Å². The standard InChI is InChI=1S/C12H18/c1-2-3-4-12-9-10-5-7-11(12)8-6-10/h3-5,7,10-12H,2,6,8-9H2,1H3. The zero-order chi connectivity index (χ0) is 8.39. The molecule has 3 aliphatic carbocycles. The van der Waals surface area contributed by atoms with E-state index in [0.29, 0.717) is 0 Å². The molecular weight excluding hydrogens is 144 g/mol. The van der Waals surface area contributed by atoms with Gasteiger partial charge in [-0.2, -0.15) is 0 Å². The van der Waals surface area contributed by atoms with Gasteiger partial charge in [-0.05, 0) is 43.4 Å². The summed E-state index contributed by atoms with van der Waals surface area (Å²) < 4.78 is 0. The Hall–Kier alpha value is -0.520. The molecule has 3 rings (SSSR count). The van der Waals surface area contributed by atoms with E-state index < -0.39 is 0 Å². The van der Waals surface area contributed by atoms with Gasteiger partial charge in [0.15, 0.2) is 0 Å². The summed E-state index contributed by atoms with van der Waals surface area (Å²) in [5.41, 5.74) is 0. The van der Waals surface area contributed by atoms with E-state index in [9.17, 15) is 0 Å². The highest BCUT2D eigenvalue weighted by Gasteiger charge is 2.29. The number of hydrogen-bond donors (Lipinski definition) is 0. The molecule has 0 amide bonds. The van der Waals surface area contributed by atoms with Crippen LogP contribution in [0.25, 0.3) is 0 Å². The van der Waals surface area contributed by atoms with Crippen molar-refractivity contribution >= 4 is 0 Å². The number of fused-ring (bicyclic) bond motifs is 2. The van der Waals surface area contributed by atoms with Crippen molar-refractivity contribution in [1.29, 1.82) is 0 Å². The predicted octanol–water partition coefficient (Wildman–Crippen LogP) is 3.55. The lowest BCUT2D eigenvalue weighted by Gasteiger charge is -2.36. The van der Waals surface area contributed by atoms with Crippen LogP contribution >= 0.6 is 0 Å². The molecule has 0 saturated heterocycles. The smallest absolute Gasteiger partial charge is 0.0165 e. The van der Waals surface area contributed by atoms with E-state index >= 15 is 0 Å². The molecule has 0 aromatic carbocycles. The average molecular weight is 162 g/mol. The molecule has 0 aromatic rings. The Labute approximate surface area is 75.4 Å². The van der Waals surface area contributed by atoms with Crippen molar-refractivity contribution in [3.8, 4) is 0 Å². The lowest BCUT2D eigenvalue weighted by atomic mass is 9.69. The zero-order valence-electron chi connectivity index (χ0n) is 7.87. The van der Waals surface area contributed by atoms with Crippen LogP contribution in [-0.4, -0.2) is 0 Å². The highest BCUT2D eigenvalue weighted by Crippen LogP contribution is 2.40. The SMILES string of the molecule is CCC=CC1CC2C=CC1CC2. The maximum absolute atomic E-state index is 2.45. The van der Waals surface area contributed by atoms with Crippen molar-refractivity contribution in [2.24, 2.45) is 17.8 Å². The van der Waals surface area contributed by atoms with Crippen LogP contribution in [0.5, 0.6) is 0 Å². The molecule has 0 aromatic heterocycles. The van der Waals surface area contributed by atoms with Gasteiger partial charge in [-0.25, -0.2) is 0 Å². The summed E-state index contributed by atoms with van der Waals surface area (Å²) in [7, 11) is 0. The maximum Gasteiger partial charge on any atom is -0.0165 e. The fourth-order valence-corrected chi connectivity index (χ4v) is 2.51. The first-order valence-electron chi connectivity index (χ1n) is 5.25. The number of allylic oxidation sites excluding steroid dienone is 4. The second-order valence-corrected chi connectivity index (χ2v) is 4.12. The van der Waals surface area contributed by atoms with E-state index in [1.165, 1.54) is 25.7 Å². The Bertz CT molecular complexity index is 200. The van der Waals surface area contributed by atoms with E-state index in [-0.39, 0.29) is 0 Å². The van der Waals surface area contributed by atoms with Gasteiger partial charge in [-0.1, -0.05) is 31.2 Å². The molecule has 3 unspecified atom stereocenters. The van der Waals surface area contributed by atoms with Crippen molar-refractivity contribution in [3.05, 3.63) is 24.3 Å². The summed E-state index contributed by atoms with van der Waals surface area (Å²) in [5, 5.41) is 0. The second-order valence-electron chi connectivity index (χ2n) is 4.12. The second kappa shape index (κ2) is 3.47. The van der Waals surface area contributed by atoms with E-state index in [2.05, 4.69) is 31.2 Å². The van der Waals surface area contributed by atoms with Gasteiger partial charge in [0, 0.05) is 0 Å². The normalized spacial score (nSPS) is 39.6. The van der Waals surface area contributed by atoms with Crippen LogP contribution in [-0.2, 0) is 0 Å². The Kier molecular flexibility index (Phi) is 2.34. The van der Waals surface area contributed by atoms with Crippen molar-refractivity contribution in [2.45, 2.75) is 32.6 Å². The lowest BCUT2D eigenvalue weighted by molar-refractivity contribution is 0.263. The molecule has 66 valence electrons. The molecule has 0 N–H and O–H groups in total. The first kappa shape index (κ1) is 8.10. The molecule has 0 radical (unpaired) electrons. The Morgan fingerprint density at radius 1 is 1.33 bits per heavy atom. The first-order valence-corrected chi connectivity index (χ1v) is 5.25. The minimum atomic E-state index is 0.869. The molecule has 0 aliphatic heterocycles. The van der Waals surface area contributed by atoms with Gasteiger partial charge in [-0.3, -0.25) is 0 Å². The van der Waals surface area contributed by atoms with Gasteiger partial charge >= 0.3 is 0 Å². The van der Waals surface area contributed by atoms with E-state index in [4.69, 9.17) is 0 Å². The van der Waals surface area contributed by atoms with Crippen LogP contribution in [0.2, 0.25) is 0 Å². The summed E-state index contributed by atoms with van der Waals surface area (Å²) in [4.78, 5) is 0. The number of hydrogen-bond acceptors (Lipinski definition) is 0. The van der Waals surface area contributed by atoms with Crippen LogP contribution in [0.3, 0.4) is 0 Å². The van der Waals surface area contributed by atoms with Crippen molar-refractivity contribution in [1.82, 2.24) is 0 Å². The molecular formula is C12H18. The predicted molar refractivity (Wildman–Crippen MR) is 52.9 cm³/mol. The molecule has 3 aliphatic rings. The third-order valence-corrected chi connectivity index (χ3v) is 3.25. The van der Waals surface area contributed by atoms with Gasteiger partial charge in [0.2, 0.25) is 0 Å². The average Bonchev–Trinajstić information content (AvgIpc) is 2.17. The molecule has 1 saturated carbocycles. The molecule has 0 heterocycles. The van der Waals surface area contributed by atoms with Crippen molar-refractivity contribution in [2.75, 3.05) is 0 Å². The maximum atomic E-state index is 2.45. The first-order chi connectivity index (χ1) is 5.90. The largest absolute Gasteiger partial charge is 0.0885 e. The van der Waals surface area contributed by atoms with Crippen LogP contribution in [0, 0.1) is 17.8 Å². The Morgan fingerprint density at radius 2 is 2.25 bits per heavy atom. The minimum absolute atomic E-state index is 0.869. The van der Waals surface area contributed by atoms with Gasteiger partial charge in [0.1, 0.15) is 0 Å². The Morgan fingerprint density at radius 3 is 2.75 bits per heavy atom. The highest BCUT2D eigenvalue weighted by atomic mass is 14.3. The molecule has 3 atom stereocenters. The fourth-order valence-electron chi connectivity index (χ4n) is 2.51. The zero-order valence-corrected chi connectivity index (χ0v) is 7.87. The fraction of sp³-hybridized carbons (Fsp3) is 0.667. The third kappa shape index (κ3) is 1.48. The molecule has 1 fully saturated rings. The summed E-state index contributed by atoms with van der Waals surface area (Å²) in [5.74, 6) is 2.65. The summed E-state index contributed by atoms with van der Waals surface area (Å²) >= 11 is 0. The van der Waals surface area contributed by atoms with Gasteiger partial charge in [0.05, 0.1) is 0 Å². The molecule has 0 nitrogen and oxygen atoms in total. The topological polar surface area (TPSA) is 0 Å². The van der Waals surface area contributed by atoms with Crippen LogP contribution in [0.15, 0.2) is 24.3 Å². The number of rotatable bonds is 2. The van der Waals surface area contributed by atoms with E-state index in [0.717, 1.165) is 17.8 Å². The minimum Gasteiger partial charge on any atom is -0.0885 e. The van der Waals surface area contributed by atoms with Crippen LogP contribution in [0.1, 0.15) is 32.6 Å². The molecule has 2 bridgehead atoms. The van der Waals surface area contributed by atoms with Gasteiger partial charge < -0.3 is 0 Å². The summed E-state index contributed by atoms with van der Waals surface area (Å²) in [6, 6.07) is 0. The van der Waals surface area contributed by atoms with E-state index in [1.807, 2.05) is 0 Å².